The first kappa shape index (κ1) is 9.95. The van der Waals surface area contributed by atoms with E-state index in [4.69, 9.17) is 5.11 Å². The second kappa shape index (κ2) is 9.27. The highest BCUT2D eigenvalue weighted by Gasteiger charge is 1.80. The summed E-state index contributed by atoms with van der Waals surface area (Å²) in [6.45, 7) is 1.60. The van der Waals surface area contributed by atoms with Crippen LogP contribution >= 0.6 is 0 Å². The number of terminal acetylenes is 1. The van der Waals surface area contributed by atoms with Crippen molar-refractivity contribution in [3.8, 4) is 12.5 Å². The molecule has 0 aromatic rings. The molecule has 0 radical (unpaired) electrons. The van der Waals surface area contributed by atoms with E-state index in [0.29, 0.717) is 0 Å². The Morgan fingerprint density at radius 2 is 2.12 bits per heavy atom. The minimum Gasteiger partial charge on any atom is -0.481 e. The fourth-order valence-corrected chi connectivity index (χ4v) is 0. The molecule has 0 rings (SSSR count). The van der Waals surface area contributed by atoms with Crippen molar-refractivity contribution in [2.24, 2.45) is 5.73 Å². The molecular weight excluding hydrogens is 106 g/mol. The summed E-state index contributed by atoms with van der Waals surface area (Å²) < 4.78 is 0. The van der Waals surface area contributed by atoms with Gasteiger partial charge in [-0.15, -0.1) is 0 Å². The fourth-order valence-electron chi connectivity index (χ4n) is 0. The quantitative estimate of drug-likeness (QED) is 0.374. The zero-order chi connectivity index (χ0) is 6.99. The van der Waals surface area contributed by atoms with Gasteiger partial charge in [0.2, 0.25) is 0 Å². The van der Waals surface area contributed by atoms with Crippen molar-refractivity contribution in [2.75, 3.05) is 0 Å². The molecule has 3 heteroatoms. The Hall–Kier alpha value is -1.17. The van der Waals surface area contributed by atoms with Gasteiger partial charge in [0.25, 0.3) is 0 Å². The monoisotopic (exact) mass is 115 g/mol. The SMILES string of the molecule is C#CN.CCC(=O)O. The third-order valence-electron chi connectivity index (χ3n) is 0.302. The van der Waals surface area contributed by atoms with Crippen molar-refractivity contribution in [1.29, 1.82) is 0 Å². The van der Waals surface area contributed by atoms with Crippen LogP contribution in [0.4, 0.5) is 0 Å². The largest absolute Gasteiger partial charge is 0.481 e. The van der Waals surface area contributed by atoms with E-state index in [2.05, 4.69) is 12.2 Å². The smallest absolute Gasteiger partial charge is 0.303 e. The molecule has 0 bridgehead atoms. The number of carboxylic acid groups (broad SMARTS) is 1. The van der Waals surface area contributed by atoms with Gasteiger partial charge < -0.3 is 10.8 Å². The van der Waals surface area contributed by atoms with Crippen molar-refractivity contribution >= 4 is 5.97 Å². The molecule has 0 aliphatic carbocycles. The Balaban J connectivity index is 0. The molecule has 0 spiro atoms. The second-order valence-corrected chi connectivity index (χ2v) is 0.914. The van der Waals surface area contributed by atoms with Crippen LogP contribution in [0.25, 0.3) is 0 Å². The molecule has 8 heavy (non-hydrogen) atoms. The van der Waals surface area contributed by atoms with Gasteiger partial charge in [-0.2, -0.15) is 0 Å². The summed E-state index contributed by atoms with van der Waals surface area (Å²) in [4.78, 5) is 9.37. The number of carbonyl (C=O) groups is 1. The highest BCUT2D eigenvalue weighted by Crippen LogP contribution is 1.67. The molecule has 0 fully saturated rings. The Bertz CT molecular complexity index is 93.1. The molecule has 46 valence electrons. The summed E-state index contributed by atoms with van der Waals surface area (Å²) in [6, 6.07) is 1.75. The summed E-state index contributed by atoms with van der Waals surface area (Å²) in [5.41, 5.74) is 4.38. The van der Waals surface area contributed by atoms with Gasteiger partial charge in [-0.25, -0.2) is 0 Å². The predicted octanol–water partition coefficient (Wildman–Crippen LogP) is 0.0168. The molecule has 0 atom stereocenters. The Morgan fingerprint density at radius 1 is 2.00 bits per heavy atom. The zero-order valence-electron chi connectivity index (χ0n) is 4.72. The summed E-state index contributed by atoms with van der Waals surface area (Å²) in [6.07, 6.45) is 4.60. The maximum absolute atomic E-state index is 9.37. The summed E-state index contributed by atoms with van der Waals surface area (Å²) in [5.74, 6) is -0.745. The fraction of sp³-hybridized carbons (Fsp3) is 0.400. The zero-order valence-corrected chi connectivity index (χ0v) is 4.72. The molecule has 3 nitrogen and oxygen atoms in total. The maximum Gasteiger partial charge on any atom is 0.303 e. The van der Waals surface area contributed by atoms with E-state index in [9.17, 15) is 4.79 Å². The molecule has 0 aromatic carbocycles. The third kappa shape index (κ3) is 103. The maximum atomic E-state index is 9.37. The minimum atomic E-state index is -0.745. The Morgan fingerprint density at radius 3 is 2.12 bits per heavy atom. The standard InChI is InChI=1S/C3H6O2.C2H3N/c1-2-3(4)5;1-2-3/h2H2,1H3,(H,4,5);1H,3H2. The van der Waals surface area contributed by atoms with Gasteiger partial charge in [0.1, 0.15) is 0 Å². The molecular formula is C5H9NO2. The van der Waals surface area contributed by atoms with E-state index in [1.807, 2.05) is 0 Å². The predicted molar refractivity (Wildman–Crippen MR) is 30.9 cm³/mol. The molecule has 0 amide bonds. The lowest BCUT2D eigenvalue weighted by Gasteiger charge is -1.71. The van der Waals surface area contributed by atoms with Gasteiger partial charge in [0.05, 0.1) is 0 Å². The van der Waals surface area contributed by atoms with Crippen LogP contribution in [0, 0.1) is 12.5 Å². The van der Waals surface area contributed by atoms with Crippen LogP contribution < -0.4 is 5.73 Å². The normalized spacial score (nSPS) is 5.50. The molecule has 0 aliphatic heterocycles. The van der Waals surface area contributed by atoms with Crippen LogP contribution in [0.15, 0.2) is 0 Å². The van der Waals surface area contributed by atoms with Crippen LogP contribution in [-0.2, 0) is 4.79 Å². The number of hydrogen-bond acceptors (Lipinski definition) is 2. The van der Waals surface area contributed by atoms with Crippen molar-refractivity contribution in [1.82, 2.24) is 0 Å². The van der Waals surface area contributed by atoms with Crippen LogP contribution in [0.1, 0.15) is 13.3 Å². The first-order chi connectivity index (χ1) is 3.68. The number of carboxylic acids is 1. The van der Waals surface area contributed by atoms with E-state index in [1.54, 1.807) is 13.0 Å². The van der Waals surface area contributed by atoms with Gasteiger partial charge in [-0.3, -0.25) is 4.79 Å². The van der Waals surface area contributed by atoms with E-state index in [-0.39, 0.29) is 6.42 Å². The lowest BCUT2D eigenvalue weighted by Crippen LogP contribution is -1.86. The molecule has 0 aromatic heterocycles. The third-order valence-corrected chi connectivity index (χ3v) is 0.302. The molecule has 3 N–H and O–H groups in total. The van der Waals surface area contributed by atoms with Crippen LogP contribution in [0.3, 0.4) is 0 Å². The highest BCUT2D eigenvalue weighted by atomic mass is 16.4. The molecule has 0 heterocycles. The van der Waals surface area contributed by atoms with E-state index >= 15 is 0 Å². The molecule has 0 aliphatic rings. The van der Waals surface area contributed by atoms with Crippen molar-refractivity contribution < 1.29 is 9.90 Å². The molecule has 0 unspecified atom stereocenters. The number of nitrogens with two attached hydrogens (primary N) is 1. The van der Waals surface area contributed by atoms with Crippen molar-refractivity contribution in [3.05, 3.63) is 0 Å². The van der Waals surface area contributed by atoms with Crippen molar-refractivity contribution in [3.63, 3.8) is 0 Å². The van der Waals surface area contributed by atoms with Gasteiger partial charge >= 0.3 is 5.97 Å². The van der Waals surface area contributed by atoms with E-state index in [0.717, 1.165) is 0 Å². The highest BCUT2D eigenvalue weighted by molar-refractivity contribution is 5.66. The van der Waals surface area contributed by atoms with Gasteiger partial charge in [0, 0.05) is 6.42 Å². The summed E-state index contributed by atoms with van der Waals surface area (Å²) in [7, 11) is 0. The Kier molecular flexibility index (Phi) is 11.5. The second-order valence-electron chi connectivity index (χ2n) is 0.914. The van der Waals surface area contributed by atoms with Gasteiger partial charge in [0.15, 0.2) is 0 Å². The Labute approximate surface area is 48.5 Å². The van der Waals surface area contributed by atoms with Gasteiger partial charge in [-0.05, 0) is 6.04 Å². The number of hydrogen-bond donors (Lipinski definition) is 2. The van der Waals surface area contributed by atoms with Gasteiger partial charge in [-0.1, -0.05) is 13.3 Å². The number of rotatable bonds is 1. The van der Waals surface area contributed by atoms with Crippen molar-refractivity contribution in [2.45, 2.75) is 13.3 Å². The topological polar surface area (TPSA) is 63.3 Å². The summed E-state index contributed by atoms with van der Waals surface area (Å²) in [5, 5.41) is 7.72. The molecule has 0 saturated heterocycles. The summed E-state index contributed by atoms with van der Waals surface area (Å²) >= 11 is 0. The first-order valence-corrected chi connectivity index (χ1v) is 2.07. The lowest BCUT2D eigenvalue weighted by molar-refractivity contribution is -0.136. The average molecular weight is 115 g/mol. The molecule has 0 saturated carbocycles. The van der Waals surface area contributed by atoms with E-state index in [1.165, 1.54) is 0 Å². The first-order valence-electron chi connectivity index (χ1n) is 2.07. The van der Waals surface area contributed by atoms with Crippen LogP contribution in [-0.4, -0.2) is 11.1 Å². The number of aliphatic carboxylic acids is 1. The lowest BCUT2D eigenvalue weighted by atomic mass is 10.5. The average Bonchev–Trinajstić information content (AvgIpc) is 1.69. The minimum absolute atomic E-state index is 0.222. The van der Waals surface area contributed by atoms with Crippen LogP contribution in [0.2, 0.25) is 0 Å². The van der Waals surface area contributed by atoms with E-state index < -0.39 is 5.97 Å². The van der Waals surface area contributed by atoms with Crippen LogP contribution in [0.5, 0.6) is 0 Å².